The maximum atomic E-state index is 13.9. The van der Waals surface area contributed by atoms with Gasteiger partial charge in [0.2, 0.25) is 0 Å². The summed E-state index contributed by atoms with van der Waals surface area (Å²) in [6.07, 6.45) is 0. The molecule has 1 aromatic heterocycles. The smallest absolute Gasteiger partial charge is 0.259 e. The average Bonchev–Trinajstić information content (AvgIpc) is 2.90. The van der Waals surface area contributed by atoms with Crippen molar-refractivity contribution in [3.63, 3.8) is 0 Å². The molecule has 1 N–H and O–H groups in total. The van der Waals surface area contributed by atoms with E-state index in [1.165, 1.54) is 12.1 Å². The molecule has 0 radical (unpaired) electrons. The lowest BCUT2D eigenvalue weighted by molar-refractivity contribution is 0.102. The molecule has 0 saturated carbocycles. The number of carbonyl (C=O) groups is 1. The fourth-order valence-electron chi connectivity index (χ4n) is 2.38. The highest BCUT2D eigenvalue weighted by molar-refractivity contribution is 9.10. The van der Waals surface area contributed by atoms with Gasteiger partial charge in [0.1, 0.15) is 11.6 Å². The molecule has 1 amide bonds. The van der Waals surface area contributed by atoms with Crippen LogP contribution in [0, 0.1) is 12.7 Å². The predicted octanol–water partition coefficient (Wildman–Crippen LogP) is 4.39. The minimum Gasteiger partial charge on any atom is -0.307 e. The van der Waals surface area contributed by atoms with E-state index in [1.807, 2.05) is 37.3 Å². The number of aromatic nitrogens is 2. The van der Waals surface area contributed by atoms with Gasteiger partial charge < -0.3 is 5.32 Å². The van der Waals surface area contributed by atoms with Gasteiger partial charge in [-0.15, -0.1) is 0 Å². The summed E-state index contributed by atoms with van der Waals surface area (Å²) in [5.74, 6) is -0.551. The van der Waals surface area contributed by atoms with Crippen molar-refractivity contribution in [1.82, 2.24) is 9.78 Å². The third kappa shape index (κ3) is 3.71. The Morgan fingerprint density at radius 1 is 1.21 bits per heavy atom. The standard InChI is InChI=1S/C18H15BrFN3O/c1-12-9-17(23(22-12)11-13-5-3-2-4-6-13)21-18(24)15-10-14(19)7-8-16(15)20/h2-10H,11H2,1H3,(H,21,24). The van der Waals surface area contributed by atoms with E-state index in [1.54, 1.807) is 16.8 Å². The Labute approximate surface area is 147 Å². The molecule has 0 fully saturated rings. The van der Waals surface area contributed by atoms with Crippen LogP contribution in [0.1, 0.15) is 21.6 Å². The molecule has 2 aromatic carbocycles. The Kier molecular flexibility index (Phi) is 4.76. The van der Waals surface area contributed by atoms with Crippen LogP contribution in [-0.2, 0) is 6.54 Å². The van der Waals surface area contributed by atoms with Crippen molar-refractivity contribution < 1.29 is 9.18 Å². The Balaban J connectivity index is 1.85. The third-order valence-corrected chi connectivity index (χ3v) is 3.99. The number of aryl methyl sites for hydroxylation is 1. The second kappa shape index (κ2) is 6.97. The molecule has 3 aromatic rings. The Hall–Kier alpha value is -2.47. The summed E-state index contributed by atoms with van der Waals surface area (Å²) in [5, 5.41) is 7.13. The number of nitrogens with one attached hydrogen (secondary N) is 1. The fraction of sp³-hybridized carbons (Fsp3) is 0.111. The monoisotopic (exact) mass is 387 g/mol. The van der Waals surface area contributed by atoms with E-state index in [4.69, 9.17) is 0 Å². The minimum atomic E-state index is -0.568. The first-order valence-electron chi connectivity index (χ1n) is 7.38. The summed E-state index contributed by atoms with van der Waals surface area (Å²) in [7, 11) is 0. The van der Waals surface area contributed by atoms with Crippen LogP contribution in [0.15, 0.2) is 59.1 Å². The van der Waals surface area contributed by atoms with Crippen LogP contribution in [0.25, 0.3) is 0 Å². The van der Waals surface area contributed by atoms with E-state index in [0.717, 1.165) is 11.3 Å². The van der Waals surface area contributed by atoms with E-state index in [9.17, 15) is 9.18 Å². The molecule has 6 heteroatoms. The number of benzene rings is 2. The average molecular weight is 388 g/mol. The first-order chi connectivity index (χ1) is 11.5. The van der Waals surface area contributed by atoms with Crippen molar-refractivity contribution in [1.29, 1.82) is 0 Å². The summed E-state index contributed by atoms with van der Waals surface area (Å²) in [5.41, 5.74) is 1.81. The molecule has 24 heavy (non-hydrogen) atoms. The topological polar surface area (TPSA) is 46.9 Å². The number of carbonyl (C=O) groups excluding carboxylic acids is 1. The van der Waals surface area contributed by atoms with Crippen molar-refractivity contribution in [2.24, 2.45) is 0 Å². The van der Waals surface area contributed by atoms with Crippen molar-refractivity contribution in [3.05, 3.63) is 81.7 Å². The Morgan fingerprint density at radius 2 is 1.96 bits per heavy atom. The SMILES string of the molecule is Cc1cc(NC(=O)c2cc(Br)ccc2F)n(Cc2ccccc2)n1. The zero-order valence-electron chi connectivity index (χ0n) is 13.0. The van der Waals surface area contributed by atoms with Gasteiger partial charge in [-0.25, -0.2) is 9.07 Å². The number of anilines is 1. The summed E-state index contributed by atoms with van der Waals surface area (Å²) < 4.78 is 16.2. The lowest BCUT2D eigenvalue weighted by Crippen LogP contribution is -2.17. The molecule has 0 atom stereocenters. The van der Waals surface area contributed by atoms with E-state index in [2.05, 4.69) is 26.3 Å². The molecule has 0 saturated heterocycles. The van der Waals surface area contributed by atoms with Crippen molar-refractivity contribution in [3.8, 4) is 0 Å². The first kappa shape index (κ1) is 16.4. The minimum absolute atomic E-state index is 0.0190. The van der Waals surface area contributed by atoms with Crippen LogP contribution in [0.2, 0.25) is 0 Å². The van der Waals surface area contributed by atoms with E-state index < -0.39 is 11.7 Å². The van der Waals surface area contributed by atoms with Crippen LogP contribution < -0.4 is 5.32 Å². The maximum absolute atomic E-state index is 13.9. The van der Waals surface area contributed by atoms with Crippen molar-refractivity contribution >= 4 is 27.7 Å². The van der Waals surface area contributed by atoms with Crippen LogP contribution in [0.3, 0.4) is 0 Å². The maximum Gasteiger partial charge on any atom is 0.259 e. The van der Waals surface area contributed by atoms with Gasteiger partial charge in [-0.05, 0) is 30.7 Å². The van der Waals surface area contributed by atoms with Gasteiger partial charge in [-0.3, -0.25) is 4.79 Å². The second-order valence-electron chi connectivity index (χ2n) is 5.39. The second-order valence-corrected chi connectivity index (χ2v) is 6.31. The lowest BCUT2D eigenvalue weighted by Gasteiger charge is -2.10. The molecule has 3 rings (SSSR count). The summed E-state index contributed by atoms with van der Waals surface area (Å²) >= 11 is 3.25. The zero-order valence-corrected chi connectivity index (χ0v) is 14.5. The summed E-state index contributed by atoms with van der Waals surface area (Å²) in [6.45, 7) is 2.36. The molecule has 0 aliphatic carbocycles. The van der Waals surface area contributed by atoms with Crippen LogP contribution >= 0.6 is 15.9 Å². The van der Waals surface area contributed by atoms with Crippen LogP contribution in [-0.4, -0.2) is 15.7 Å². The highest BCUT2D eigenvalue weighted by atomic mass is 79.9. The lowest BCUT2D eigenvalue weighted by atomic mass is 10.2. The zero-order chi connectivity index (χ0) is 17.1. The van der Waals surface area contributed by atoms with E-state index >= 15 is 0 Å². The van der Waals surface area contributed by atoms with Gasteiger partial charge >= 0.3 is 0 Å². The van der Waals surface area contributed by atoms with Gasteiger partial charge in [0.25, 0.3) is 5.91 Å². The van der Waals surface area contributed by atoms with E-state index in [-0.39, 0.29) is 5.56 Å². The molecule has 1 heterocycles. The number of halogens is 2. The number of hydrogen-bond donors (Lipinski definition) is 1. The number of nitrogens with zero attached hydrogens (tertiary/aromatic N) is 2. The highest BCUT2D eigenvalue weighted by Gasteiger charge is 2.15. The van der Waals surface area contributed by atoms with Gasteiger partial charge in [0.15, 0.2) is 0 Å². The molecule has 122 valence electrons. The van der Waals surface area contributed by atoms with Crippen molar-refractivity contribution in [2.75, 3.05) is 5.32 Å². The van der Waals surface area contributed by atoms with E-state index in [0.29, 0.717) is 16.8 Å². The van der Waals surface area contributed by atoms with Crippen LogP contribution in [0.4, 0.5) is 10.2 Å². The van der Waals surface area contributed by atoms with Gasteiger partial charge in [-0.2, -0.15) is 5.10 Å². The number of amides is 1. The number of hydrogen-bond acceptors (Lipinski definition) is 2. The molecule has 0 spiro atoms. The highest BCUT2D eigenvalue weighted by Crippen LogP contribution is 2.18. The third-order valence-electron chi connectivity index (χ3n) is 3.49. The molecule has 0 unspecified atom stereocenters. The molecular weight excluding hydrogens is 373 g/mol. The number of rotatable bonds is 4. The molecule has 0 bridgehead atoms. The molecule has 0 aliphatic rings. The normalized spacial score (nSPS) is 10.6. The fourth-order valence-corrected chi connectivity index (χ4v) is 2.74. The van der Waals surface area contributed by atoms with Gasteiger partial charge in [0.05, 0.1) is 17.8 Å². The quantitative estimate of drug-likeness (QED) is 0.721. The molecule has 0 aliphatic heterocycles. The Bertz CT molecular complexity index is 877. The molecular formula is C18H15BrFN3O. The predicted molar refractivity (Wildman–Crippen MR) is 94.6 cm³/mol. The van der Waals surface area contributed by atoms with Gasteiger partial charge in [0, 0.05) is 10.5 Å². The van der Waals surface area contributed by atoms with Gasteiger partial charge in [-0.1, -0.05) is 46.3 Å². The largest absolute Gasteiger partial charge is 0.307 e. The first-order valence-corrected chi connectivity index (χ1v) is 8.17. The Morgan fingerprint density at radius 3 is 2.71 bits per heavy atom. The summed E-state index contributed by atoms with van der Waals surface area (Å²) in [6, 6.07) is 15.8. The van der Waals surface area contributed by atoms with Crippen molar-refractivity contribution in [2.45, 2.75) is 13.5 Å². The molecule has 4 nitrogen and oxygen atoms in total. The summed E-state index contributed by atoms with van der Waals surface area (Å²) in [4.78, 5) is 12.4. The van der Waals surface area contributed by atoms with Crippen LogP contribution in [0.5, 0.6) is 0 Å².